The minimum absolute atomic E-state index is 0.313. The van der Waals surface area contributed by atoms with E-state index >= 15 is 0 Å². The number of rotatable bonds is 6. The van der Waals surface area contributed by atoms with Crippen molar-refractivity contribution in [3.05, 3.63) is 48.8 Å². The minimum atomic E-state index is -0.458. The minimum Gasteiger partial charge on any atom is -0.490 e. The zero-order valence-corrected chi connectivity index (χ0v) is 12.7. The van der Waals surface area contributed by atoms with E-state index in [9.17, 15) is 5.11 Å². The number of ether oxygens (including phenoxy) is 1. The summed E-state index contributed by atoms with van der Waals surface area (Å²) in [6.45, 7) is 3.18. The van der Waals surface area contributed by atoms with Crippen molar-refractivity contribution in [2.45, 2.75) is 18.9 Å². The van der Waals surface area contributed by atoms with E-state index in [0.717, 1.165) is 30.0 Å². The molecule has 2 heterocycles. The summed E-state index contributed by atoms with van der Waals surface area (Å²) in [5.74, 6) is 0.788. The van der Waals surface area contributed by atoms with Gasteiger partial charge in [0.05, 0.1) is 0 Å². The monoisotopic (exact) mass is 298 g/mol. The first-order valence-corrected chi connectivity index (χ1v) is 7.85. The zero-order chi connectivity index (χ0) is 15.2. The van der Waals surface area contributed by atoms with Crippen LogP contribution in [0.25, 0.3) is 11.1 Å². The topological polar surface area (TPSA) is 45.6 Å². The second-order valence-corrected chi connectivity index (χ2v) is 5.71. The molecule has 1 atom stereocenters. The number of nitrogens with zero attached hydrogens (tertiary/aromatic N) is 2. The lowest BCUT2D eigenvalue weighted by atomic mass is 10.1. The second-order valence-electron chi connectivity index (χ2n) is 5.71. The van der Waals surface area contributed by atoms with E-state index in [1.807, 2.05) is 42.6 Å². The molecule has 0 spiro atoms. The molecule has 1 aromatic carbocycles. The van der Waals surface area contributed by atoms with Crippen LogP contribution in [0.15, 0.2) is 48.8 Å². The maximum absolute atomic E-state index is 10.2. The Kier molecular flexibility index (Phi) is 5.03. The maximum atomic E-state index is 10.2. The van der Waals surface area contributed by atoms with Crippen LogP contribution in [0, 0.1) is 0 Å². The van der Waals surface area contributed by atoms with Crippen LogP contribution in [0.2, 0.25) is 0 Å². The van der Waals surface area contributed by atoms with E-state index in [1.54, 1.807) is 6.20 Å². The zero-order valence-electron chi connectivity index (χ0n) is 12.7. The number of β-amino-alcohol motifs (C(OH)–C–C–N with tert-alkyl or cyclic N) is 1. The van der Waals surface area contributed by atoms with Crippen LogP contribution < -0.4 is 4.74 Å². The molecule has 116 valence electrons. The standard InChI is InChI=1S/C18H22N2O2/c21-16(13-20-10-3-4-11-20)14-22-18-8-2-1-7-17(18)15-6-5-9-19-12-15/h1-2,5-9,12,16,21H,3-4,10-11,13-14H2/t16-/m0/s1. The van der Waals surface area contributed by atoms with Gasteiger partial charge in [0.2, 0.25) is 0 Å². The van der Waals surface area contributed by atoms with Crippen LogP contribution in [-0.4, -0.2) is 47.3 Å². The Morgan fingerprint density at radius 3 is 2.73 bits per heavy atom. The second kappa shape index (κ2) is 7.38. The summed E-state index contributed by atoms with van der Waals surface area (Å²) in [6, 6.07) is 11.8. The third kappa shape index (κ3) is 3.84. The predicted octanol–water partition coefficient (Wildman–Crippen LogP) is 2.58. The van der Waals surface area contributed by atoms with Crippen molar-refractivity contribution in [1.82, 2.24) is 9.88 Å². The van der Waals surface area contributed by atoms with Gasteiger partial charge in [0.1, 0.15) is 18.5 Å². The van der Waals surface area contributed by atoms with Gasteiger partial charge < -0.3 is 14.7 Å². The first-order chi connectivity index (χ1) is 10.8. The average molecular weight is 298 g/mol. The highest BCUT2D eigenvalue weighted by Gasteiger charge is 2.16. The molecule has 2 aromatic rings. The molecule has 1 N–H and O–H groups in total. The molecule has 1 aliphatic heterocycles. The van der Waals surface area contributed by atoms with Crippen LogP contribution in [-0.2, 0) is 0 Å². The highest BCUT2D eigenvalue weighted by molar-refractivity contribution is 5.69. The molecule has 0 radical (unpaired) electrons. The number of para-hydroxylation sites is 1. The lowest BCUT2D eigenvalue weighted by Crippen LogP contribution is -2.33. The summed E-state index contributed by atoms with van der Waals surface area (Å²) in [5.41, 5.74) is 2.02. The van der Waals surface area contributed by atoms with Crippen LogP contribution >= 0.6 is 0 Å². The molecule has 0 aliphatic carbocycles. The first-order valence-electron chi connectivity index (χ1n) is 7.85. The Morgan fingerprint density at radius 2 is 1.95 bits per heavy atom. The molecule has 4 nitrogen and oxygen atoms in total. The third-order valence-corrected chi connectivity index (χ3v) is 3.96. The van der Waals surface area contributed by atoms with Gasteiger partial charge in [-0.15, -0.1) is 0 Å². The van der Waals surface area contributed by atoms with Crippen molar-refractivity contribution in [3.8, 4) is 16.9 Å². The van der Waals surface area contributed by atoms with Crippen molar-refractivity contribution in [3.63, 3.8) is 0 Å². The Bertz CT molecular complexity index is 583. The van der Waals surface area contributed by atoms with E-state index in [-0.39, 0.29) is 0 Å². The largest absolute Gasteiger partial charge is 0.490 e. The van der Waals surface area contributed by atoms with E-state index in [0.29, 0.717) is 13.2 Å². The number of aliphatic hydroxyl groups excluding tert-OH is 1. The predicted molar refractivity (Wildman–Crippen MR) is 86.8 cm³/mol. The van der Waals surface area contributed by atoms with Crippen LogP contribution in [0.3, 0.4) is 0 Å². The Morgan fingerprint density at radius 1 is 1.14 bits per heavy atom. The number of pyridine rings is 1. The summed E-state index contributed by atoms with van der Waals surface area (Å²) in [6.07, 6.45) is 5.59. The molecule has 0 unspecified atom stereocenters. The van der Waals surface area contributed by atoms with Crippen molar-refractivity contribution in [1.29, 1.82) is 0 Å². The Hall–Kier alpha value is -1.91. The number of aliphatic hydroxyl groups is 1. The maximum Gasteiger partial charge on any atom is 0.127 e. The highest BCUT2D eigenvalue weighted by Crippen LogP contribution is 2.29. The molecule has 3 rings (SSSR count). The average Bonchev–Trinajstić information content (AvgIpc) is 3.07. The van der Waals surface area contributed by atoms with Crippen molar-refractivity contribution in [2.24, 2.45) is 0 Å². The summed E-state index contributed by atoms with van der Waals surface area (Å²) < 4.78 is 5.86. The van der Waals surface area contributed by atoms with Crippen molar-refractivity contribution < 1.29 is 9.84 Å². The van der Waals surface area contributed by atoms with Gasteiger partial charge in [0.15, 0.2) is 0 Å². The molecule has 1 fully saturated rings. The smallest absolute Gasteiger partial charge is 0.127 e. The molecule has 1 aliphatic rings. The Balaban J connectivity index is 1.63. The number of aromatic nitrogens is 1. The van der Waals surface area contributed by atoms with Gasteiger partial charge in [-0.3, -0.25) is 4.98 Å². The van der Waals surface area contributed by atoms with Gasteiger partial charge >= 0.3 is 0 Å². The highest BCUT2D eigenvalue weighted by atomic mass is 16.5. The van der Waals surface area contributed by atoms with Gasteiger partial charge in [-0.25, -0.2) is 0 Å². The van der Waals surface area contributed by atoms with Gasteiger partial charge in [-0.2, -0.15) is 0 Å². The molecular weight excluding hydrogens is 276 g/mol. The van der Waals surface area contributed by atoms with Crippen molar-refractivity contribution in [2.75, 3.05) is 26.2 Å². The fourth-order valence-corrected chi connectivity index (χ4v) is 2.85. The SMILES string of the molecule is O[C@H](COc1ccccc1-c1cccnc1)CN1CCCC1. The molecule has 4 heteroatoms. The van der Waals surface area contributed by atoms with Gasteiger partial charge in [-0.1, -0.05) is 24.3 Å². The van der Waals surface area contributed by atoms with Crippen molar-refractivity contribution >= 4 is 0 Å². The normalized spacial score (nSPS) is 16.6. The molecule has 0 bridgehead atoms. The van der Waals surface area contributed by atoms with Crippen LogP contribution in [0.1, 0.15) is 12.8 Å². The van der Waals surface area contributed by atoms with E-state index in [4.69, 9.17) is 4.74 Å². The lowest BCUT2D eigenvalue weighted by molar-refractivity contribution is 0.0760. The molecule has 22 heavy (non-hydrogen) atoms. The fraction of sp³-hybridized carbons (Fsp3) is 0.389. The third-order valence-electron chi connectivity index (χ3n) is 3.96. The molecule has 1 saturated heterocycles. The van der Waals surface area contributed by atoms with E-state index < -0.39 is 6.10 Å². The van der Waals surface area contributed by atoms with Gasteiger partial charge in [0.25, 0.3) is 0 Å². The fourth-order valence-electron chi connectivity index (χ4n) is 2.85. The summed E-state index contributed by atoms with van der Waals surface area (Å²) in [5, 5.41) is 10.2. The molecule has 0 saturated carbocycles. The number of hydrogen-bond donors (Lipinski definition) is 1. The lowest BCUT2D eigenvalue weighted by Gasteiger charge is -2.20. The van der Waals surface area contributed by atoms with Crippen LogP contribution in [0.5, 0.6) is 5.75 Å². The number of hydrogen-bond acceptors (Lipinski definition) is 4. The number of benzene rings is 1. The molecular formula is C18H22N2O2. The van der Waals surface area contributed by atoms with Crippen LogP contribution in [0.4, 0.5) is 0 Å². The molecule has 0 amide bonds. The molecule has 1 aromatic heterocycles. The number of likely N-dealkylation sites (tertiary alicyclic amines) is 1. The summed E-state index contributed by atoms with van der Waals surface area (Å²) >= 11 is 0. The summed E-state index contributed by atoms with van der Waals surface area (Å²) in [4.78, 5) is 6.45. The van der Waals surface area contributed by atoms with Gasteiger partial charge in [-0.05, 0) is 38.1 Å². The quantitative estimate of drug-likeness (QED) is 0.890. The van der Waals surface area contributed by atoms with Gasteiger partial charge in [0, 0.05) is 30.1 Å². The van der Waals surface area contributed by atoms with E-state index in [2.05, 4.69) is 9.88 Å². The summed E-state index contributed by atoms with van der Waals surface area (Å²) in [7, 11) is 0. The Labute approximate surface area is 131 Å². The van der Waals surface area contributed by atoms with E-state index in [1.165, 1.54) is 12.8 Å². The first kappa shape index (κ1) is 15.0.